The summed E-state index contributed by atoms with van der Waals surface area (Å²) in [6.07, 6.45) is 3.65. The smallest absolute Gasteiger partial charge is 0.239 e. The van der Waals surface area contributed by atoms with Crippen molar-refractivity contribution < 1.29 is 17.9 Å². The van der Waals surface area contributed by atoms with Gasteiger partial charge in [-0.2, -0.15) is 0 Å². The molecule has 2 atom stereocenters. The van der Waals surface area contributed by atoms with E-state index >= 15 is 0 Å². The first-order valence-corrected chi connectivity index (χ1v) is 9.48. The summed E-state index contributed by atoms with van der Waals surface area (Å²) in [4.78, 5) is 14.2. The maximum atomic E-state index is 12.5. The number of hydrogen-bond acceptors (Lipinski definition) is 5. The molecular formula is C14H28N2O4S. The number of methoxy groups -OCH3 is 1. The molecule has 0 aromatic heterocycles. The third kappa shape index (κ3) is 5.92. The maximum Gasteiger partial charge on any atom is 0.239 e. The molecule has 0 aromatic carbocycles. The first-order valence-electron chi connectivity index (χ1n) is 7.66. The van der Waals surface area contributed by atoms with Crippen LogP contribution in [0.25, 0.3) is 0 Å². The van der Waals surface area contributed by atoms with Crippen molar-refractivity contribution in [2.24, 2.45) is 5.73 Å². The van der Waals surface area contributed by atoms with E-state index < -0.39 is 15.9 Å². The summed E-state index contributed by atoms with van der Waals surface area (Å²) in [5, 5.41) is 0. The lowest BCUT2D eigenvalue weighted by Crippen LogP contribution is -2.49. The molecular weight excluding hydrogens is 292 g/mol. The van der Waals surface area contributed by atoms with Gasteiger partial charge in [0.25, 0.3) is 0 Å². The van der Waals surface area contributed by atoms with Crippen LogP contribution in [-0.4, -0.2) is 63.1 Å². The van der Waals surface area contributed by atoms with Gasteiger partial charge in [0.05, 0.1) is 17.5 Å². The van der Waals surface area contributed by atoms with Crippen molar-refractivity contribution in [3.05, 3.63) is 0 Å². The summed E-state index contributed by atoms with van der Waals surface area (Å²) >= 11 is 0. The Morgan fingerprint density at radius 3 is 2.67 bits per heavy atom. The van der Waals surface area contributed by atoms with Gasteiger partial charge < -0.3 is 15.4 Å². The molecule has 1 fully saturated rings. The average molecular weight is 320 g/mol. The van der Waals surface area contributed by atoms with Gasteiger partial charge in [0.15, 0.2) is 9.84 Å². The quantitative estimate of drug-likeness (QED) is 0.627. The zero-order valence-electron chi connectivity index (χ0n) is 13.1. The first-order chi connectivity index (χ1) is 9.91. The highest BCUT2D eigenvalue weighted by Gasteiger charge is 2.35. The number of carbonyl (C=O) groups is 1. The van der Waals surface area contributed by atoms with Crippen LogP contribution in [0.4, 0.5) is 0 Å². The molecule has 0 aromatic rings. The Balaban J connectivity index is 2.65. The molecule has 0 saturated carbocycles. The van der Waals surface area contributed by atoms with Gasteiger partial charge in [-0.15, -0.1) is 0 Å². The molecule has 7 heteroatoms. The van der Waals surface area contributed by atoms with Gasteiger partial charge in [-0.3, -0.25) is 4.79 Å². The standard InChI is InChI=1S/C14H28N2O4S/c1-3-4-8-16(12-7-10-21(18,19)11-12)14(17)13(15)6-5-9-20-2/h12-13H,3-11,15H2,1-2H3. The summed E-state index contributed by atoms with van der Waals surface area (Å²) in [6, 6.07) is -0.775. The second-order valence-electron chi connectivity index (χ2n) is 5.68. The second kappa shape index (κ2) is 8.70. The summed E-state index contributed by atoms with van der Waals surface area (Å²) in [5.74, 6) is 0.126. The van der Waals surface area contributed by atoms with E-state index in [0.29, 0.717) is 26.0 Å². The number of sulfone groups is 1. The molecule has 6 nitrogen and oxygen atoms in total. The lowest BCUT2D eigenvalue weighted by atomic mass is 10.1. The highest BCUT2D eigenvalue weighted by atomic mass is 32.2. The van der Waals surface area contributed by atoms with Gasteiger partial charge in [-0.1, -0.05) is 13.3 Å². The van der Waals surface area contributed by atoms with Crippen molar-refractivity contribution in [3.63, 3.8) is 0 Å². The summed E-state index contributed by atoms with van der Waals surface area (Å²) < 4.78 is 28.2. The minimum absolute atomic E-state index is 0.0766. The van der Waals surface area contributed by atoms with Crippen LogP contribution in [0.1, 0.15) is 39.0 Å². The van der Waals surface area contributed by atoms with Crippen LogP contribution in [0.3, 0.4) is 0 Å². The number of carbonyl (C=O) groups excluding carboxylic acids is 1. The second-order valence-corrected chi connectivity index (χ2v) is 7.91. The molecule has 2 unspecified atom stereocenters. The van der Waals surface area contributed by atoms with Crippen molar-refractivity contribution >= 4 is 15.7 Å². The molecule has 2 N–H and O–H groups in total. The first kappa shape index (κ1) is 18.4. The number of unbranched alkanes of at least 4 members (excludes halogenated alkanes) is 1. The van der Waals surface area contributed by atoms with Gasteiger partial charge in [-0.05, 0) is 25.7 Å². The molecule has 0 bridgehead atoms. The molecule has 1 aliphatic rings. The van der Waals surface area contributed by atoms with E-state index in [4.69, 9.17) is 10.5 Å². The van der Waals surface area contributed by atoms with Gasteiger partial charge in [-0.25, -0.2) is 8.42 Å². The lowest BCUT2D eigenvalue weighted by molar-refractivity contribution is -0.134. The Labute approximate surface area is 127 Å². The van der Waals surface area contributed by atoms with E-state index in [0.717, 1.165) is 19.3 Å². The predicted molar refractivity (Wildman–Crippen MR) is 82.8 cm³/mol. The fraction of sp³-hybridized carbons (Fsp3) is 0.929. The summed E-state index contributed by atoms with van der Waals surface area (Å²) in [7, 11) is -1.38. The number of nitrogens with two attached hydrogens (primary N) is 1. The van der Waals surface area contributed by atoms with Gasteiger partial charge in [0.1, 0.15) is 0 Å². The van der Waals surface area contributed by atoms with Crippen LogP contribution >= 0.6 is 0 Å². The predicted octanol–water partition coefficient (Wildman–Crippen LogP) is 0.556. The third-order valence-corrected chi connectivity index (χ3v) is 5.62. The van der Waals surface area contributed by atoms with Crippen LogP contribution in [0.2, 0.25) is 0 Å². The highest BCUT2D eigenvalue weighted by molar-refractivity contribution is 7.91. The van der Waals surface area contributed by atoms with Crippen molar-refractivity contribution in [1.82, 2.24) is 4.90 Å². The largest absolute Gasteiger partial charge is 0.385 e. The van der Waals surface area contributed by atoms with Gasteiger partial charge >= 0.3 is 0 Å². The average Bonchev–Trinajstić information content (AvgIpc) is 2.79. The van der Waals surface area contributed by atoms with Gasteiger partial charge in [0, 0.05) is 26.3 Å². The van der Waals surface area contributed by atoms with Crippen LogP contribution in [0.15, 0.2) is 0 Å². The summed E-state index contributed by atoms with van der Waals surface area (Å²) in [6.45, 7) is 3.22. The minimum Gasteiger partial charge on any atom is -0.385 e. The fourth-order valence-corrected chi connectivity index (χ4v) is 4.34. The molecule has 0 spiro atoms. The maximum absolute atomic E-state index is 12.5. The lowest BCUT2D eigenvalue weighted by Gasteiger charge is -2.30. The number of nitrogens with zero attached hydrogens (tertiary/aromatic N) is 1. The molecule has 1 aliphatic heterocycles. The van der Waals surface area contributed by atoms with Crippen molar-refractivity contribution in [1.29, 1.82) is 0 Å². The number of amides is 1. The molecule has 21 heavy (non-hydrogen) atoms. The molecule has 124 valence electrons. The number of hydrogen-bond donors (Lipinski definition) is 1. The monoisotopic (exact) mass is 320 g/mol. The molecule has 1 amide bonds. The third-order valence-electron chi connectivity index (χ3n) is 3.87. The van der Waals surface area contributed by atoms with Crippen molar-refractivity contribution in [2.45, 2.75) is 51.1 Å². The molecule has 1 heterocycles. The Morgan fingerprint density at radius 1 is 1.43 bits per heavy atom. The van der Waals surface area contributed by atoms with Crippen molar-refractivity contribution in [3.8, 4) is 0 Å². The number of rotatable bonds is 9. The van der Waals surface area contributed by atoms with Crippen LogP contribution in [0, 0.1) is 0 Å². The molecule has 1 saturated heterocycles. The Kier molecular flexibility index (Phi) is 7.62. The van der Waals surface area contributed by atoms with Crippen LogP contribution in [-0.2, 0) is 19.4 Å². The fourth-order valence-electron chi connectivity index (χ4n) is 2.61. The van der Waals surface area contributed by atoms with E-state index in [9.17, 15) is 13.2 Å². The van der Waals surface area contributed by atoms with E-state index in [1.54, 1.807) is 12.0 Å². The highest BCUT2D eigenvalue weighted by Crippen LogP contribution is 2.19. The normalized spacial score (nSPS) is 22.1. The Bertz CT molecular complexity index is 425. The van der Waals surface area contributed by atoms with E-state index in [1.807, 2.05) is 6.92 Å². The Hall–Kier alpha value is -0.660. The SMILES string of the molecule is CCCCN(C(=O)C(N)CCCOC)C1CCS(=O)(=O)C1. The molecule has 1 rings (SSSR count). The summed E-state index contributed by atoms with van der Waals surface area (Å²) in [5.41, 5.74) is 5.97. The van der Waals surface area contributed by atoms with Gasteiger partial charge in [0.2, 0.25) is 5.91 Å². The molecule has 0 aliphatic carbocycles. The zero-order valence-corrected chi connectivity index (χ0v) is 13.9. The molecule has 0 radical (unpaired) electrons. The van der Waals surface area contributed by atoms with E-state index in [-0.39, 0.29) is 23.5 Å². The van der Waals surface area contributed by atoms with E-state index in [2.05, 4.69) is 0 Å². The van der Waals surface area contributed by atoms with Crippen LogP contribution < -0.4 is 5.73 Å². The zero-order chi connectivity index (χ0) is 15.9. The van der Waals surface area contributed by atoms with E-state index in [1.165, 1.54) is 0 Å². The number of ether oxygens (including phenoxy) is 1. The van der Waals surface area contributed by atoms with Crippen LogP contribution in [0.5, 0.6) is 0 Å². The minimum atomic E-state index is -3.00. The van der Waals surface area contributed by atoms with Crippen molar-refractivity contribution in [2.75, 3.05) is 31.8 Å². The Morgan fingerprint density at radius 2 is 2.14 bits per heavy atom. The topological polar surface area (TPSA) is 89.7 Å².